The summed E-state index contributed by atoms with van der Waals surface area (Å²) in [5.41, 5.74) is 4.00. The molecule has 1 fully saturated rings. The van der Waals surface area contributed by atoms with Crippen LogP contribution in [0.2, 0.25) is 0 Å². The van der Waals surface area contributed by atoms with Gasteiger partial charge in [-0.15, -0.1) is 11.3 Å². The molecule has 11 heteroatoms. The summed E-state index contributed by atoms with van der Waals surface area (Å²) >= 11 is 1.36. The van der Waals surface area contributed by atoms with E-state index in [1.807, 2.05) is 42.9 Å². The smallest absolute Gasteiger partial charge is 0.271 e. The summed E-state index contributed by atoms with van der Waals surface area (Å²) in [4.78, 5) is 26.4. The number of aryl methyl sites for hydroxylation is 2. The van der Waals surface area contributed by atoms with Crippen molar-refractivity contribution < 1.29 is 9.53 Å². The van der Waals surface area contributed by atoms with Crippen molar-refractivity contribution in [2.24, 2.45) is 0 Å². The van der Waals surface area contributed by atoms with Crippen molar-refractivity contribution in [3.63, 3.8) is 0 Å². The SMILES string of the molecule is CCn1ncc2c(NC3CCOCC3)c(CNC(=O)c3csc(Nc4ccccn4)n3)c(C)nc21. The van der Waals surface area contributed by atoms with Crippen molar-refractivity contribution in [2.75, 3.05) is 23.8 Å². The number of anilines is 3. The number of nitrogens with zero attached hydrogens (tertiary/aromatic N) is 5. The minimum absolute atomic E-state index is 0.240. The Kier molecular flexibility index (Phi) is 6.87. The van der Waals surface area contributed by atoms with Gasteiger partial charge in [-0.2, -0.15) is 5.10 Å². The highest BCUT2D eigenvalue weighted by Gasteiger charge is 2.21. The second-order valence-electron chi connectivity index (χ2n) is 8.34. The average molecular weight is 493 g/mol. The summed E-state index contributed by atoms with van der Waals surface area (Å²) in [6.07, 6.45) is 5.42. The lowest BCUT2D eigenvalue weighted by Crippen LogP contribution is -2.30. The minimum atomic E-state index is -0.240. The highest BCUT2D eigenvalue weighted by molar-refractivity contribution is 7.14. The summed E-state index contributed by atoms with van der Waals surface area (Å²) in [5.74, 6) is 0.441. The molecule has 0 atom stereocenters. The van der Waals surface area contributed by atoms with E-state index in [1.54, 1.807) is 11.6 Å². The Morgan fingerprint density at radius 3 is 2.89 bits per heavy atom. The number of fused-ring (bicyclic) bond motifs is 1. The Labute approximate surface area is 207 Å². The predicted molar refractivity (Wildman–Crippen MR) is 136 cm³/mol. The van der Waals surface area contributed by atoms with E-state index < -0.39 is 0 Å². The van der Waals surface area contributed by atoms with Crippen LogP contribution in [-0.2, 0) is 17.8 Å². The van der Waals surface area contributed by atoms with Crippen LogP contribution in [0, 0.1) is 6.92 Å². The number of pyridine rings is 2. The van der Waals surface area contributed by atoms with Crippen LogP contribution >= 0.6 is 11.3 Å². The molecule has 0 unspecified atom stereocenters. The number of hydrogen-bond donors (Lipinski definition) is 3. The number of amides is 1. The van der Waals surface area contributed by atoms with E-state index in [0.717, 1.165) is 60.6 Å². The zero-order chi connectivity index (χ0) is 24.2. The first-order valence-corrected chi connectivity index (χ1v) is 12.6. The van der Waals surface area contributed by atoms with E-state index in [-0.39, 0.29) is 5.91 Å². The van der Waals surface area contributed by atoms with Gasteiger partial charge in [0, 0.05) is 55.2 Å². The number of rotatable bonds is 8. The summed E-state index contributed by atoms with van der Waals surface area (Å²) in [6.45, 7) is 6.57. The van der Waals surface area contributed by atoms with Gasteiger partial charge in [0.1, 0.15) is 11.5 Å². The van der Waals surface area contributed by atoms with Crippen LogP contribution in [0.3, 0.4) is 0 Å². The van der Waals surface area contributed by atoms with Crippen molar-refractivity contribution >= 4 is 44.9 Å². The molecule has 4 aromatic heterocycles. The van der Waals surface area contributed by atoms with Crippen molar-refractivity contribution in [1.82, 2.24) is 30.0 Å². The normalized spacial score (nSPS) is 14.2. The van der Waals surface area contributed by atoms with Crippen LogP contribution in [0.1, 0.15) is 41.5 Å². The molecule has 3 N–H and O–H groups in total. The van der Waals surface area contributed by atoms with E-state index in [0.29, 0.717) is 29.2 Å². The molecule has 0 saturated carbocycles. The van der Waals surface area contributed by atoms with E-state index in [1.165, 1.54) is 11.3 Å². The summed E-state index contributed by atoms with van der Waals surface area (Å²) in [7, 11) is 0. The molecule has 0 bridgehead atoms. The molecule has 4 aromatic rings. The summed E-state index contributed by atoms with van der Waals surface area (Å²) < 4.78 is 7.42. The Bertz CT molecular complexity index is 1310. The highest BCUT2D eigenvalue weighted by atomic mass is 32.1. The number of carbonyl (C=O) groups is 1. The molecule has 182 valence electrons. The minimum Gasteiger partial charge on any atom is -0.381 e. The number of carbonyl (C=O) groups excluding carboxylic acids is 1. The molecule has 5 rings (SSSR count). The third-order valence-electron chi connectivity index (χ3n) is 6.02. The Balaban J connectivity index is 1.36. The average Bonchev–Trinajstić information content (AvgIpc) is 3.51. The molecule has 0 radical (unpaired) electrons. The van der Waals surface area contributed by atoms with Crippen LogP contribution in [-0.4, -0.2) is 49.9 Å². The monoisotopic (exact) mass is 492 g/mol. The summed E-state index contributed by atoms with van der Waals surface area (Å²) in [6, 6.07) is 5.88. The lowest BCUT2D eigenvalue weighted by atomic mass is 10.0. The molecule has 5 heterocycles. The lowest BCUT2D eigenvalue weighted by molar-refractivity contribution is 0.0904. The Morgan fingerprint density at radius 1 is 1.26 bits per heavy atom. The molecular formula is C24H28N8O2S. The first-order valence-electron chi connectivity index (χ1n) is 11.7. The standard InChI is InChI=1S/C24H28N8O2S/c1-3-32-22-18(13-27-32)21(29-16-7-10-34-11-8-16)17(15(2)28-22)12-26-23(33)19-14-35-24(30-19)31-20-6-4-5-9-25-20/h4-6,9,13-14,16H,3,7-8,10-12H2,1-2H3,(H,26,33)(H,28,29)(H,25,30,31). The Morgan fingerprint density at radius 2 is 2.11 bits per heavy atom. The van der Waals surface area contributed by atoms with Gasteiger partial charge >= 0.3 is 0 Å². The van der Waals surface area contributed by atoms with E-state index in [9.17, 15) is 4.79 Å². The quantitative estimate of drug-likeness (QED) is 0.339. The molecule has 35 heavy (non-hydrogen) atoms. The maximum absolute atomic E-state index is 12.9. The molecular weight excluding hydrogens is 464 g/mol. The fraction of sp³-hybridized carbons (Fsp3) is 0.375. The Hall–Kier alpha value is -3.57. The van der Waals surface area contributed by atoms with Crippen molar-refractivity contribution in [1.29, 1.82) is 0 Å². The van der Waals surface area contributed by atoms with Gasteiger partial charge in [-0.1, -0.05) is 6.07 Å². The van der Waals surface area contributed by atoms with Crippen LogP contribution in [0.15, 0.2) is 36.0 Å². The van der Waals surface area contributed by atoms with E-state index in [2.05, 4.69) is 31.0 Å². The van der Waals surface area contributed by atoms with Gasteiger partial charge in [0.25, 0.3) is 5.91 Å². The number of nitrogens with one attached hydrogen (secondary N) is 3. The second-order valence-corrected chi connectivity index (χ2v) is 9.20. The van der Waals surface area contributed by atoms with E-state index >= 15 is 0 Å². The fourth-order valence-corrected chi connectivity index (χ4v) is 4.84. The number of hydrogen-bond acceptors (Lipinski definition) is 9. The molecule has 1 aliphatic heterocycles. The number of aromatic nitrogens is 5. The van der Waals surface area contributed by atoms with Crippen molar-refractivity contribution in [3.8, 4) is 0 Å². The van der Waals surface area contributed by atoms with Crippen LogP contribution in [0.25, 0.3) is 11.0 Å². The predicted octanol–water partition coefficient (Wildman–Crippen LogP) is 3.88. The van der Waals surface area contributed by atoms with Gasteiger partial charge in [0.05, 0.1) is 17.3 Å². The second kappa shape index (κ2) is 10.4. The maximum atomic E-state index is 12.9. The molecule has 0 spiro atoms. The van der Waals surface area contributed by atoms with Gasteiger partial charge in [-0.3, -0.25) is 4.79 Å². The third kappa shape index (κ3) is 5.10. The van der Waals surface area contributed by atoms with Gasteiger partial charge in [0.15, 0.2) is 10.8 Å². The van der Waals surface area contributed by atoms with Crippen LogP contribution in [0.4, 0.5) is 16.6 Å². The molecule has 10 nitrogen and oxygen atoms in total. The first-order chi connectivity index (χ1) is 17.1. The van der Waals surface area contributed by atoms with E-state index in [4.69, 9.17) is 9.72 Å². The summed E-state index contributed by atoms with van der Waals surface area (Å²) in [5, 5.41) is 17.7. The zero-order valence-electron chi connectivity index (χ0n) is 19.7. The van der Waals surface area contributed by atoms with Crippen LogP contribution in [0.5, 0.6) is 0 Å². The van der Waals surface area contributed by atoms with Gasteiger partial charge in [-0.25, -0.2) is 19.6 Å². The maximum Gasteiger partial charge on any atom is 0.271 e. The van der Waals surface area contributed by atoms with Gasteiger partial charge in [0.2, 0.25) is 0 Å². The molecule has 0 aromatic carbocycles. The topological polar surface area (TPSA) is 119 Å². The van der Waals surface area contributed by atoms with Crippen molar-refractivity contribution in [3.05, 3.63) is 52.9 Å². The lowest BCUT2D eigenvalue weighted by Gasteiger charge is -2.26. The third-order valence-corrected chi connectivity index (χ3v) is 6.78. The molecule has 1 saturated heterocycles. The molecule has 1 aliphatic rings. The van der Waals surface area contributed by atoms with Gasteiger partial charge < -0.3 is 20.7 Å². The zero-order valence-corrected chi connectivity index (χ0v) is 20.6. The number of ether oxygens (including phenoxy) is 1. The van der Waals surface area contributed by atoms with Gasteiger partial charge in [-0.05, 0) is 38.8 Å². The first kappa shape index (κ1) is 23.2. The largest absolute Gasteiger partial charge is 0.381 e. The highest BCUT2D eigenvalue weighted by Crippen LogP contribution is 2.30. The fourth-order valence-electron chi connectivity index (χ4n) is 4.14. The van der Waals surface area contributed by atoms with Crippen molar-refractivity contribution in [2.45, 2.75) is 45.8 Å². The molecule has 0 aliphatic carbocycles. The number of thiazole rings is 1. The molecule has 1 amide bonds. The van der Waals surface area contributed by atoms with Crippen LogP contribution < -0.4 is 16.0 Å².